The number of carbonyl (C=O) groups excluding carboxylic acids is 1. The summed E-state index contributed by atoms with van der Waals surface area (Å²) in [4.78, 5) is 26.8. The zero-order valence-corrected chi connectivity index (χ0v) is 16.0. The van der Waals surface area contributed by atoms with Crippen LogP contribution in [0.25, 0.3) is 6.08 Å². The molecule has 0 saturated heterocycles. The topological polar surface area (TPSA) is 91.0 Å². The molecule has 1 heterocycles. The summed E-state index contributed by atoms with van der Waals surface area (Å²) >= 11 is 0. The number of para-hydroxylation sites is 1. The van der Waals surface area contributed by atoms with E-state index in [1.165, 1.54) is 36.4 Å². The third-order valence-electron chi connectivity index (χ3n) is 4.45. The molecule has 0 spiro atoms. The number of hydrogen-bond donors (Lipinski definition) is 0. The van der Waals surface area contributed by atoms with Gasteiger partial charge >= 0.3 is 5.97 Å². The molecule has 8 heteroatoms. The van der Waals surface area contributed by atoms with Crippen LogP contribution in [0.4, 0.5) is 10.1 Å². The first-order chi connectivity index (χ1) is 15.0. The van der Waals surface area contributed by atoms with Gasteiger partial charge in [0.15, 0.2) is 5.70 Å². The number of nitro groups is 1. The number of esters is 1. The number of rotatable bonds is 6. The van der Waals surface area contributed by atoms with Gasteiger partial charge in [0.05, 0.1) is 10.5 Å². The molecule has 0 fully saturated rings. The lowest BCUT2D eigenvalue weighted by molar-refractivity contribution is -0.384. The van der Waals surface area contributed by atoms with E-state index in [1.54, 1.807) is 42.5 Å². The minimum atomic E-state index is -0.702. The monoisotopic (exact) mass is 418 g/mol. The van der Waals surface area contributed by atoms with E-state index in [4.69, 9.17) is 9.47 Å². The molecule has 31 heavy (non-hydrogen) atoms. The molecule has 3 aromatic carbocycles. The first-order valence-corrected chi connectivity index (χ1v) is 9.24. The van der Waals surface area contributed by atoms with Crippen LogP contribution in [0.15, 0.2) is 83.5 Å². The van der Waals surface area contributed by atoms with Gasteiger partial charge in [-0.2, -0.15) is 0 Å². The number of non-ortho nitro benzene ring substituents is 1. The minimum absolute atomic E-state index is 0.00431. The molecule has 4 rings (SSSR count). The van der Waals surface area contributed by atoms with Crippen LogP contribution in [-0.2, 0) is 16.1 Å². The van der Waals surface area contributed by atoms with Crippen molar-refractivity contribution in [2.45, 2.75) is 6.61 Å². The number of nitro benzene ring substituents is 1. The summed E-state index contributed by atoms with van der Waals surface area (Å²) < 4.78 is 24.9. The highest BCUT2D eigenvalue weighted by Gasteiger charge is 2.26. The van der Waals surface area contributed by atoms with E-state index in [0.717, 1.165) is 0 Å². The van der Waals surface area contributed by atoms with Crippen molar-refractivity contribution in [3.8, 4) is 5.75 Å². The fourth-order valence-corrected chi connectivity index (χ4v) is 2.96. The van der Waals surface area contributed by atoms with Gasteiger partial charge in [-0.05, 0) is 29.8 Å². The second-order valence-corrected chi connectivity index (χ2v) is 6.57. The predicted octanol–water partition coefficient (Wildman–Crippen LogP) is 4.66. The second kappa shape index (κ2) is 8.58. The van der Waals surface area contributed by atoms with Crippen LogP contribution in [0.2, 0.25) is 0 Å². The van der Waals surface area contributed by atoms with Gasteiger partial charge in [-0.1, -0.05) is 42.5 Å². The number of halogens is 1. The zero-order chi connectivity index (χ0) is 21.8. The Kier molecular flexibility index (Phi) is 5.53. The third-order valence-corrected chi connectivity index (χ3v) is 4.45. The average Bonchev–Trinajstić information content (AvgIpc) is 3.13. The lowest BCUT2D eigenvalue weighted by Gasteiger charge is -2.09. The first kappa shape index (κ1) is 20.0. The van der Waals surface area contributed by atoms with Crippen molar-refractivity contribution in [2.24, 2.45) is 4.99 Å². The number of nitrogens with zero attached hydrogens (tertiary/aromatic N) is 2. The maximum atomic E-state index is 14.0. The Morgan fingerprint density at radius 2 is 1.84 bits per heavy atom. The predicted molar refractivity (Wildman–Crippen MR) is 111 cm³/mol. The van der Waals surface area contributed by atoms with Crippen molar-refractivity contribution < 1.29 is 23.6 Å². The minimum Gasteiger partial charge on any atom is -0.488 e. The highest BCUT2D eigenvalue weighted by Crippen LogP contribution is 2.26. The summed E-state index contributed by atoms with van der Waals surface area (Å²) in [6.07, 6.45) is 1.49. The molecule has 0 bridgehead atoms. The molecule has 0 atom stereocenters. The summed E-state index contributed by atoms with van der Waals surface area (Å²) in [6.45, 7) is 0.0933. The highest BCUT2D eigenvalue weighted by molar-refractivity contribution is 6.13. The van der Waals surface area contributed by atoms with Gasteiger partial charge in [-0.3, -0.25) is 10.1 Å². The van der Waals surface area contributed by atoms with Crippen LogP contribution in [-0.4, -0.2) is 16.8 Å². The van der Waals surface area contributed by atoms with Crippen molar-refractivity contribution in [2.75, 3.05) is 0 Å². The summed E-state index contributed by atoms with van der Waals surface area (Å²) in [5.74, 6) is -0.907. The molecular formula is C23H15FN2O5. The maximum absolute atomic E-state index is 14.0. The van der Waals surface area contributed by atoms with E-state index in [2.05, 4.69) is 4.99 Å². The third kappa shape index (κ3) is 4.48. The molecular weight excluding hydrogens is 403 g/mol. The smallest absolute Gasteiger partial charge is 0.363 e. The lowest BCUT2D eigenvalue weighted by atomic mass is 10.1. The molecule has 0 N–H and O–H groups in total. The number of carbonyl (C=O) groups is 1. The Balaban J connectivity index is 1.58. The molecule has 0 aliphatic carbocycles. The highest BCUT2D eigenvalue weighted by atomic mass is 19.1. The maximum Gasteiger partial charge on any atom is 0.363 e. The molecule has 0 saturated carbocycles. The van der Waals surface area contributed by atoms with Crippen molar-refractivity contribution in [1.82, 2.24) is 0 Å². The molecule has 3 aromatic rings. The normalized spacial score (nSPS) is 14.3. The molecule has 0 aromatic heterocycles. The number of cyclic esters (lactones) is 1. The fraction of sp³-hybridized carbons (Fsp3) is 0.0435. The average molecular weight is 418 g/mol. The van der Waals surface area contributed by atoms with Crippen LogP contribution in [0.1, 0.15) is 16.7 Å². The Morgan fingerprint density at radius 3 is 2.65 bits per heavy atom. The van der Waals surface area contributed by atoms with E-state index in [-0.39, 0.29) is 29.5 Å². The second-order valence-electron chi connectivity index (χ2n) is 6.57. The first-order valence-electron chi connectivity index (χ1n) is 9.24. The summed E-state index contributed by atoms with van der Waals surface area (Å²) in [5, 5.41) is 10.9. The Labute approximate surface area is 176 Å². The summed E-state index contributed by atoms with van der Waals surface area (Å²) in [5.41, 5.74) is 1.24. The lowest BCUT2D eigenvalue weighted by Crippen LogP contribution is -2.07. The molecule has 0 radical (unpaired) electrons. The van der Waals surface area contributed by atoms with Crippen molar-refractivity contribution >= 4 is 23.6 Å². The van der Waals surface area contributed by atoms with Gasteiger partial charge in [0.1, 0.15) is 18.2 Å². The van der Waals surface area contributed by atoms with Gasteiger partial charge in [-0.25, -0.2) is 14.2 Å². The van der Waals surface area contributed by atoms with Crippen LogP contribution < -0.4 is 4.74 Å². The standard InChI is InChI=1S/C23H15FN2O5/c24-19-10-3-2-9-18(19)22-25-20(23(27)31-22)13-16-7-1-4-11-21(16)30-14-15-6-5-8-17(12-15)26(28)29/h1-13H,14H2/b20-13-. The number of benzene rings is 3. The van der Waals surface area contributed by atoms with Crippen LogP contribution >= 0.6 is 0 Å². The largest absolute Gasteiger partial charge is 0.488 e. The molecule has 7 nitrogen and oxygen atoms in total. The van der Waals surface area contributed by atoms with Gasteiger partial charge in [0.2, 0.25) is 5.90 Å². The van der Waals surface area contributed by atoms with Crippen molar-refractivity contribution in [3.05, 3.63) is 111 Å². The van der Waals surface area contributed by atoms with Crippen LogP contribution in [0.3, 0.4) is 0 Å². The van der Waals surface area contributed by atoms with E-state index >= 15 is 0 Å². The van der Waals surface area contributed by atoms with Gasteiger partial charge < -0.3 is 9.47 Å². The van der Waals surface area contributed by atoms with Crippen LogP contribution in [0.5, 0.6) is 5.75 Å². The SMILES string of the molecule is O=C1OC(c2ccccc2F)=N/C1=C\c1ccccc1OCc1cccc([N+](=O)[O-])c1. The van der Waals surface area contributed by atoms with Crippen LogP contribution in [0, 0.1) is 15.9 Å². The molecule has 154 valence electrons. The Bertz CT molecular complexity index is 1240. The van der Waals surface area contributed by atoms with E-state index in [0.29, 0.717) is 16.9 Å². The molecule has 0 unspecified atom stereocenters. The quantitative estimate of drug-likeness (QED) is 0.251. The van der Waals surface area contributed by atoms with Crippen molar-refractivity contribution in [1.29, 1.82) is 0 Å². The summed E-state index contributed by atoms with van der Waals surface area (Å²) in [6, 6.07) is 18.9. The van der Waals surface area contributed by atoms with Gasteiger partial charge in [0, 0.05) is 17.7 Å². The van der Waals surface area contributed by atoms with E-state index < -0.39 is 16.7 Å². The molecule has 0 amide bonds. The fourth-order valence-electron chi connectivity index (χ4n) is 2.96. The van der Waals surface area contributed by atoms with Crippen molar-refractivity contribution in [3.63, 3.8) is 0 Å². The van der Waals surface area contributed by atoms with Gasteiger partial charge in [0.25, 0.3) is 5.69 Å². The van der Waals surface area contributed by atoms with E-state index in [1.807, 2.05) is 0 Å². The molecule has 1 aliphatic heterocycles. The Hall–Kier alpha value is -4.33. The Morgan fingerprint density at radius 1 is 1.06 bits per heavy atom. The van der Waals surface area contributed by atoms with Gasteiger partial charge in [-0.15, -0.1) is 0 Å². The van der Waals surface area contributed by atoms with E-state index in [9.17, 15) is 19.3 Å². The number of ether oxygens (including phenoxy) is 2. The molecule has 1 aliphatic rings. The number of aliphatic imine (C=N–C) groups is 1. The number of hydrogen-bond acceptors (Lipinski definition) is 6. The zero-order valence-electron chi connectivity index (χ0n) is 16.0. The summed E-state index contributed by atoms with van der Waals surface area (Å²) in [7, 11) is 0.